The summed E-state index contributed by atoms with van der Waals surface area (Å²) in [6.45, 7) is 6.60. The van der Waals surface area contributed by atoms with Crippen LogP contribution in [0.4, 0.5) is 13.2 Å². The molecule has 4 aromatic rings. The number of halogens is 3. The van der Waals surface area contributed by atoms with Gasteiger partial charge in [0.05, 0.1) is 29.2 Å². The fourth-order valence-electron chi connectivity index (χ4n) is 3.50. The minimum Gasteiger partial charge on any atom is -0.406 e. The highest BCUT2D eigenvalue weighted by atomic mass is 19.4. The van der Waals surface area contributed by atoms with Gasteiger partial charge >= 0.3 is 6.36 Å². The molecule has 0 saturated heterocycles. The summed E-state index contributed by atoms with van der Waals surface area (Å²) in [5.41, 5.74) is 0.812. The minimum atomic E-state index is -4.83. The Morgan fingerprint density at radius 2 is 1.83 bits per heavy atom. The molecular formula is C22H22F3N7O3. The molecule has 0 bridgehead atoms. The lowest BCUT2D eigenvalue weighted by Crippen LogP contribution is -2.42. The number of carbonyl (C=O) groups excluding carboxylic acids is 1. The van der Waals surface area contributed by atoms with Gasteiger partial charge in [-0.05, 0) is 45.4 Å². The van der Waals surface area contributed by atoms with E-state index in [-0.39, 0.29) is 11.2 Å². The quantitative estimate of drug-likeness (QED) is 0.427. The van der Waals surface area contributed by atoms with E-state index in [2.05, 4.69) is 30.4 Å². The first-order valence-electron chi connectivity index (χ1n) is 10.5. The predicted molar refractivity (Wildman–Crippen MR) is 117 cm³/mol. The van der Waals surface area contributed by atoms with Gasteiger partial charge in [0.25, 0.3) is 5.91 Å². The molecule has 0 radical (unpaired) electrons. The maximum Gasteiger partial charge on any atom is 0.573 e. The minimum absolute atomic E-state index is 0.132. The van der Waals surface area contributed by atoms with E-state index in [4.69, 9.17) is 0 Å². The van der Waals surface area contributed by atoms with E-state index >= 15 is 0 Å². The first-order chi connectivity index (χ1) is 16.3. The molecule has 10 nitrogen and oxygen atoms in total. The number of aromatic nitrogens is 6. The molecule has 13 heteroatoms. The molecule has 1 aromatic carbocycles. The van der Waals surface area contributed by atoms with Crippen molar-refractivity contribution in [1.82, 2.24) is 34.9 Å². The first-order valence-corrected chi connectivity index (χ1v) is 10.5. The summed E-state index contributed by atoms with van der Waals surface area (Å²) in [7, 11) is 0. The van der Waals surface area contributed by atoms with Gasteiger partial charge in [-0.3, -0.25) is 4.79 Å². The largest absolute Gasteiger partial charge is 0.573 e. The number of nitrogens with zero attached hydrogens (tertiary/aromatic N) is 6. The Hall–Kier alpha value is -4.00. The lowest BCUT2D eigenvalue weighted by atomic mass is 9.91. The van der Waals surface area contributed by atoms with Crippen LogP contribution in [0.1, 0.15) is 47.2 Å². The summed E-state index contributed by atoms with van der Waals surface area (Å²) in [5.74, 6) is -0.566. The molecule has 0 aliphatic rings. The highest BCUT2D eigenvalue weighted by Gasteiger charge is 2.33. The number of benzene rings is 1. The van der Waals surface area contributed by atoms with Crippen LogP contribution in [-0.4, -0.2) is 52.6 Å². The Labute approximate surface area is 197 Å². The van der Waals surface area contributed by atoms with Crippen molar-refractivity contribution in [3.05, 3.63) is 65.2 Å². The number of hydrogen-bond acceptors (Lipinski definition) is 7. The standard InChI is InChI=1S/C22H22F3N7O3/c1-12-13(2)32(30-29-12)17-9-10-31-19(27-17)16(11-26-31)20(33)28-18(21(3,4)34)14-5-7-15(8-6-14)35-22(23,24)25/h5-11,18,34H,1-4H3,(H,28,33)/t18-/m0/s1. The van der Waals surface area contributed by atoms with Crippen LogP contribution in [0.15, 0.2) is 42.7 Å². The number of aliphatic hydroxyl groups is 1. The molecule has 35 heavy (non-hydrogen) atoms. The third-order valence-electron chi connectivity index (χ3n) is 5.37. The number of carbonyl (C=O) groups is 1. The van der Waals surface area contributed by atoms with Crippen LogP contribution in [0.25, 0.3) is 11.5 Å². The fraction of sp³-hybridized carbons (Fsp3) is 0.318. The zero-order valence-electron chi connectivity index (χ0n) is 19.2. The van der Waals surface area contributed by atoms with E-state index in [1.807, 2.05) is 13.8 Å². The monoisotopic (exact) mass is 489 g/mol. The van der Waals surface area contributed by atoms with E-state index in [1.54, 1.807) is 12.3 Å². The van der Waals surface area contributed by atoms with Crippen LogP contribution >= 0.6 is 0 Å². The molecule has 0 saturated carbocycles. The molecule has 0 fully saturated rings. The van der Waals surface area contributed by atoms with Crippen molar-refractivity contribution in [2.45, 2.75) is 45.7 Å². The molecule has 0 aliphatic heterocycles. The van der Waals surface area contributed by atoms with Crippen molar-refractivity contribution in [3.63, 3.8) is 0 Å². The van der Waals surface area contributed by atoms with Crippen LogP contribution < -0.4 is 10.1 Å². The van der Waals surface area contributed by atoms with Crippen molar-refractivity contribution >= 4 is 11.6 Å². The third kappa shape index (κ3) is 5.09. The van der Waals surface area contributed by atoms with Gasteiger partial charge in [0.1, 0.15) is 11.3 Å². The Morgan fingerprint density at radius 1 is 1.14 bits per heavy atom. The van der Waals surface area contributed by atoms with Gasteiger partial charge in [-0.2, -0.15) is 9.78 Å². The highest BCUT2D eigenvalue weighted by Crippen LogP contribution is 2.29. The maximum absolute atomic E-state index is 13.2. The second kappa shape index (κ2) is 8.65. The Kier molecular flexibility index (Phi) is 5.97. The van der Waals surface area contributed by atoms with E-state index in [1.165, 1.54) is 41.4 Å². The average molecular weight is 489 g/mol. The molecule has 2 N–H and O–H groups in total. The van der Waals surface area contributed by atoms with Gasteiger partial charge < -0.3 is 15.2 Å². The van der Waals surface area contributed by atoms with Gasteiger partial charge in [0.2, 0.25) is 0 Å². The van der Waals surface area contributed by atoms with Gasteiger partial charge in [-0.1, -0.05) is 17.3 Å². The zero-order chi connectivity index (χ0) is 25.5. The van der Waals surface area contributed by atoms with Crippen LogP contribution in [0.2, 0.25) is 0 Å². The number of rotatable bonds is 6. The molecule has 1 atom stereocenters. The summed E-state index contributed by atoms with van der Waals surface area (Å²) < 4.78 is 44.2. The lowest BCUT2D eigenvalue weighted by Gasteiger charge is -2.30. The predicted octanol–water partition coefficient (Wildman–Crippen LogP) is 3.07. The molecule has 0 aliphatic carbocycles. The van der Waals surface area contributed by atoms with E-state index in [9.17, 15) is 23.1 Å². The molecule has 0 spiro atoms. The second-order valence-electron chi connectivity index (χ2n) is 8.46. The van der Waals surface area contributed by atoms with Crippen LogP contribution in [-0.2, 0) is 0 Å². The number of aryl methyl sites for hydroxylation is 1. The summed E-state index contributed by atoms with van der Waals surface area (Å²) in [4.78, 5) is 17.7. The average Bonchev–Trinajstić information content (AvgIpc) is 3.33. The summed E-state index contributed by atoms with van der Waals surface area (Å²) >= 11 is 0. The Bertz CT molecular complexity index is 1370. The van der Waals surface area contributed by atoms with Crippen molar-refractivity contribution in [1.29, 1.82) is 0 Å². The van der Waals surface area contributed by atoms with Crippen LogP contribution in [0, 0.1) is 13.8 Å². The molecule has 3 heterocycles. The zero-order valence-corrected chi connectivity index (χ0v) is 19.2. The smallest absolute Gasteiger partial charge is 0.406 e. The van der Waals surface area contributed by atoms with E-state index in [0.29, 0.717) is 11.4 Å². The molecule has 1 amide bonds. The lowest BCUT2D eigenvalue weighted by molar-refractivity contribution is -0.274. The van der Waals surface area contributed by atoms with Crippen molar-refractivity contribution in [2.24, 2.45) is 0 Å². The van der Waals surface area contributed by atoms with Crippen LogP contribution in [0.5, 0.6) is 5.75 Å². The Morgan fingerprint density at radius 3 is 2.40 bits per heavy atom. The van der Waals surface area contributed by atoms with Crippen molar-refractivity contribution < 1.29 is 27.8 Å². The number of hydrogen-bond donors (Lipinski definition) is 2. The summed E-state index contributed by atoms with van der Waals surface area (Å²) in [6.07, 6.45) is -1.87. The summed E-state index contributed by atoms with van der Waals surface area (Å²) in [5, 5.41) is 25.7. The van der Waals surface area contributed by atoms with E-state index < -0.39 is 29.7 Å². The van der Waals surface area contributed by atoms with Crippen LogP contribution in [0.3, 0.4) is 0 Å². The fourth-order valence-corrected chi connectivity index (χ4v) is 3.50. The molecular weight excluding hydrogens is 467 g/mol. The van der Waals surface area contributed by atoms with Gasteiger partial charge in [0, 0.05) is 12.3 Å². The number of ether oxygens (including phenoxy) is 1. The normalized spacial score (nSPS) is 13.1. The third-order valence-corrected chi connectivity index (χ3v) is 5.37. The molecule has 0 unspecified atom stereocenters. The number of amides is 1. The Balaban J connectivity index is 1.64. The molecule has 3 aromatic heterocycles. The maximum atomic E-state index is 13.2. The highest BCUT2D eigenvalue weighted by molar-refractivity contribution is 6.00. The number of alkyl halides is 3. The van der Waals surface area contributed by atoms with Gasteiger partial charge in [-0.15, -0.1) is 18.3 Å². The molecule has 184 valence electrons. The topological polar surface area (TPSA) is 119 Å². The summed E-state index contributed by atoms with van der Waals surface area (Å²) in [6, 6.07) is 5.61. The van der Waals surface area contributed by atoms with E-state index in [0.717, 1.165) is 23.5 Å². The number of fused-ring (bicyclic) bond motifs is 1. The SMILES string of the molecule is Cc1nnn(-c2ccn3ncc(C(=O)N[C@@H](c4ccc(OC(F)(F)F)cc4)C(C)(C)O)c3n2)c1C. The van der Waals surface area contributed by atoms with Gasteiger partial charge in [0.15, 0.2) is 11.5 Å². The van der Waals surface area contributed by atoms with Crippen molar-refractivity contribution in [3.8, 4) is 11.6 Å². The first kappa shape index (κ1) is 24.1. The van der Waals surface area contributed by atoms with Crippen molar-refractivity contribution in [2.75, 3.05) is 0 Å². The number of nitrogens with one attached hydrogen (secondary N) is 1. The second-order valence-corrected chi connectivity index (χ2v) is 8.46. The molecule has 4 rings (SSSR count). The van der Waals surface area contributed by atoms with Gasteiger partial charge in [-0.25, -0.2) is 9.50 Å².